The largest absolute Gasteiger partial charge is 0.493 e. The fourth-order valence-corrected chi connectivity index (χ4v) is 3.17. The van der Waals surface area contributed by atoms with E-state index in [2.05, 4.69) is 26.2 Å². The van der Waals surface area contributed by atoms with Gasteiger partial charge in [-0.15, -0.1) is 0 Å². The van der Waals surface area contributed by atoms with E-state index in [0.29, 0.717) is 36.2 Å². The number of rotatable bonds is 8. The van der Waals surface area contributed by atoms with E-state index < -0.39 is 0 Å². The Bertz CT molecular complexity index is 885. The zero-order valence-electron chi connectivity index (χ0n) is 15.4. The second-order valence-electron chi connectivity index (χ2n) is 5.76. The van der Waals surface area contributed by atoms with Crippen molar-refractivity contribution in [3.63, 3.8) is 0 Å². The van der Waals surface area contributed by atoms with Gasteiger partial charge in [0.2, 0.25) is 11.6 Å². The maximum atomic E-state index is 5.60. The summed E-state index contributed by atoms with van der Waals surface area (Å²) >= 11 is 3.51. The van der Waals surface area contributed by atoms with Crippen molar-refractivity contribution in [2.24, 2.45) is 0 Å². The van der Waals surface area contributed by atoms with Gasteiger partial charge in [0, 0.05) is 17.6 Å². The minimum absolute atomic E-state index is 0.574. The van der Waals surface area contributed by atoms with Crippen molar-refractivity contribution in [1.29, 1.82) is 0 Å². The summed E-state index contributed by atoms with van der Waals surface area (Å²) in [7, 11) is 4.80. The predicted octanol–water partition coefficient (Wildman–Crippen LogP) is 4.42. The van der Waals surface area contributed by atoms with Crippen molar-refractivity contribution in [2.45, 2.75) is 13.1 Å². The number of benzene rings is 2. The maximum absolute atomic E-state index is 5.60. The standard InChI is InChI=1S/C20H21BrN2O4/c1-24-17-8-13(9-18(25-2)19(17)26-3)10-22-11-14-12-27-20(23-14)15-6-4-5-7-16(15)21/h4-9,12,22H,10-11H2,1-3H3. The van der Waals surface area contributed by atoms with Crippen LogP contribution in [0, 0.1) is 0 Å². The second kappa shape index (κ2) is 8.92. The molecule has 0 aliphatic heterocycles. The minimum atomic E-state index is 0.574. The molecule has 0 saturated carbocycles. The molecule has 0 aliphatic rings. The fourth-order valence-electron chi connectivity index (χ4n) is 2.72. The van der Waals surface area contributed by atoms with Gasteiger partial charge in [0.05, 0.1) is 32.6 Å². The normalized spacial score (nSPS) is 10.7. The van der Waals surface area contributed by atoms with Crippen LogP contribution in [-0.2, 0) is 13.1 Å². The number of methoxy groups -OCH3 is 3. The second-order valence-corrected chi connectivity index (χ2v) is 6.62. The number of aromatic nitrogens is 1. The molecule has 0 aliphatic carbocycles. The molecule has 1 heterocycles. The molecule has 142 valence electrons. The molecule has 0 spiro atoms. The van der Waals surface area contributed by atoms with Crippen LogP contribution < -0.4 is 19.5 Å². The van der Waals surface area contributed by atoms with Crippen LogP contribution in [0.2, 0.25) is 0 Å². The number of nitrogens with one attached hydrogen (secondary N) is 1. The molecule has 1 N–H and O–H groups in total. The van der Waals surface area contributed by atoms with Gasteiger partial charge in [-0.2, -0.15) is 0 Å². The summed E-state index contributed by atoms with van der Waals surface area (Å²) in [6.45, 7) is 1.19. The first-order valence-corrected chi connectivity index (χ1v) is 9.14. The third kappa shape index (κ3) is 4.43. The molecule has 0 saturated heterocycles. The molecule has 3 aromatic rings. The highest BCUT2D eigenvalue weighted by Crippen LogP contribution is 2.38. The van der Waals surface area contributed by atoms with E-state index in [1.807, 2.05) is 36.4 Å². The summed E-state index contributed by atoms with van der Waals surface area (Å²) in [4.78, 5) is 4.54. The van der Waals surface area contributed by atoms with Crippen molar-refractivity contribution in [1.82, 2.24) is 10.3 Å². The Morgan fingerprint density at radius 2 is 1.70 bits per heavy atom. The molecule has 0 radical (unpaired) electrons. The lowest BCUT2D eigenvalue weighted by Gasteiger charge is -2.14. The van der Waals surface area contributed by atoms with Crippen LogP contribution in [0.1, 0.15) is 11.3 Å². The Labute approximate surface area is 166 Å². The van der Waals surface area contributed by atoms with Gasteiger partial charge in [0.1, 0.15) is 6.26 Å². The zero-order valence-corrected chi connectivity index (χ0v) is 17.0. The van der Waals surface area contributed by atoms with E-state index in [-0.39, 0.29) is 0 Å². The lowest BCUT2D eigenvalue weighted by atomic mass is 10.1. The van der Waals surface area contributed by atoms with E-state index >= 15 is 0 Å². The van der Waals surface area contributed by atoms with Crippen LogP contribution in [0.5, 0.6) is 17.2 Å². The van der Waals surface area contributed by atoms with Crippen molar-refractivity contribution in [3.8, 4) is 28.7 Å². The average Bonchev–Trinajstić information content (AvgIpc) is 3.16. The van der Waals surface area contributed by atoms with Gasteiger partial charge in [-0.1, -0.05) is 12.1 Å². The first-order valence-electron chi connectivity index (χ1n) is 8.35. The van der Waals surface area contributed by atoms with Crippen LogP contribution >= 0.6 is 15.9 Å². The first-order chi connectivity index (χ1) is 13.2. The SMILES string of the molecule is COc1cc(CNCc2coc(-c3ccccc3Br)n2)cc(OC)c1OC. The van der Waals surface area contributed by atoms with Crippen LogP contribution in [0.15, 0.2) is 51.6 Å². The molecule has 1 aromatic heterocycles. The van der Waals surface area contributed by atoms with Crippen molar-refractivity contribution < 1.29 is 18.6 Å². The molecular weight excluding hydrogens is 412 g/mol. The molecule has 0 bridgehead atoms. The van der Waals surface area contributed by atoms with E-state index in [0.717, 1.165) is 21.3 Å². The number of oxazole rings is 1. The average molecular weight is 433 g/mol. The number of hydrogen-bond acceptors (Lipinski definition) is 6. The quantitative estimate of drug-likeness (QED) is 0.568. The summed E-state index contributed by atoms with van der Waals surface area (Å²) in [6.07, 6.45) is 1.66. The maximum Gasteiger partial charge on any atom is 0.227 e. The zero-order chi connectivity index (χ0) is 19.2. The molecule has 0 fully saturated rings. The Hall–Kier alpha value is -2.51. The van der Waals surface area contributed by atoms with Crippen LogP contribution in [0.3, 0.4) is 0 Å². The van der Waals surface area contributed by atoms with E-state index in [9.17, 15) is 0 Å². The molecular formula is C20H21BrN2O4. The molecule has 6 nitrogen and oxygen atoms in total. The number of nitrogens with zero attached hydrogens (tertiary/aromatic N) is 1. The Balaban J connectivity index is 1.66. The molecule has 7 heteroatoms. The molecule has 0 unspecified atom stereocenters. The van der Waals surface area contributed by atoms with E-state index in [1.54, 1.807) is 27.6 Å². The summed E-state index contributed by atoms with van der Waals surface area (Å²) < 4.78 is 22.7. The lowest BCUT2D eigenvalue weighted by molar-refractivity contribution is 0.323. The fraction of sp³-hybridized carbons (Fsp3) is 0.250. The van der Waals surface area contributed by atoms with E-state index in [4.69, 9.17) is 18.6 Å². The van der Waals surface area contributed by atoms with Gasteiger partial charge in [-0.3, -0.25) is 0 Å². The lowest BCUT2D eigenvalue weighted by Crippen LogP contribution is -2.13. The highest BCUT2D eigenvalue weighted by molar-refractivity contribution is 9.10. The summed E-state index contributed by atoms with van der Waals surface area (Å²) in [5.74, 6) is 2.43. The van der Waals surface area contributed by atoms with Gasteiger partial charge < -0.3 is 23.9 Å². The molecule has 0 amide bonds. The first kappa shape index (κ1) is 19.3. The molecule has 27 heavy (non-hydrogen) atoms. The Kier molecular flexibility index (Phi) is 6.36. The predicted molar refractivity (Wildman–Crippen MR) is 106 cm³/mol. The van der Waals surface area contributed by atoms with Gasteiger partial charge in [-0.05, 0) is 45.8 Å². The number of ether oxygens (including phenoxy) is 3. The smallest absolute Gasteiger partial charge is 0.227 e. The highest BCUT2D eigenvalue weighted by Gasteiger charge is 2.13. The summed E-state index contributed by atoms with van der Waals surface area (Å²) in [6, 6.07) is 11.7. The van der Waals surface area contributed by atoms with E-state index in [1.165, 1.54) is 0 Å². The third-order valence-electron chi connectivity index (χ3n) is 4.02. The van der Waals surface area contributed by atoms with Crippen molar-refractivity contribution >= 4 is 15.9 Å². The number of halogens is 1. The Morgan fingerprint density at radius 3 is 2.33 bits per heavy atom. The van der Waals surface area contributed by atoms with Crippen LogP contribution in [-0.4, -0.2) is 26.3 Å². The number of hydrogen-bond donors (Lipinski definition) is 1. The molecule has 2 aromatic carbocycles. The van der Waals surface area contributed by atoms with Crippen molar-refractivity contribution in [3.05, 3.63) is 58.4 Å². The van der Waals surface area contributed by atoms with Crippen LogP contribution in [0.25, 0.3) is 11.5 Å². The monoisotopic (exact) mass is 432 g/mol. The molecule has 3 rings (SSSR count). The van der Waals surface area contributed by atoms with Crippen molar-refractivity contribution in [2.75, 3.05) is 21.3 Å². The summed E-state index contributed by atoms with van der Waals surface area (Å²) in [5.41, 5.74) is 2.76. The van der Waals surface area contributed by atoms with Gasteiger partial charge in [0.15, 0.2) is 11.5 Å². The van der Waals surface area contributed by atoms with Crippen LogP contribution in [0.4, 0.5) is 0 Å². The molecule has 0 atom stereocenters. The third-order valence-corrected chi connectivity index (χ3v) is 4.71. The van der Waals surface area contributed by atoms with Gasteiger partial charge >= 0.3 is 0 Å². The topological polar surface area (TPSA) is 65.8 Å². The highest BCUT2D eigenvalue weighted by atomic mass is 79.9. The van der Waals surface area contributed by atoms with Gasteiger partial charge in [-0.25, -0.2) is 4.98 Å². The Morgan fingerprint density at radius 1 is 1.00 bits per heavy atom. The minimum Gasteiger partial charge on any atom is -0.493 e. The summed E-state index contributed by atoms with van der Waals surface area (Å²) in [5, 5.41) is 3.35. The van der Waals surface area contributed by atoms with Gasteiger partial charge in [0.25, 0.3) is 0 Å².